The van der Waals surface area contributed by atoms with Gasteiger partial charge < -0.3 is 9.42 Å². The predicted octanol–water partition coefficient (Wildman–Crippen LogP) is 2.83. The fourth-order valence-electron chi connectivity index (χ4n) is 0.740. The van der Waals surface area contributed by atoms with Crippen molar-refractivity contribution >= 4 is 19.0 Å². The molecule has 0 aliphatic heterocycles. The van der Waals surface area contributed by atoms with Gasteiger partial charge in [-0.2, -0.15) is 0 Å². The van der Waals surface area contributed by atoms with Crippen molar-refractivity contribution in [3.05, 3.63) is 29.8 Å². The van der Waals surface area contributed by atoms with Crippen molar-refractivity contribution in [1.29, 1.82) is 0 Å². The zero-order valence-corrected chi connectivity index (χ0v) is 7.64. The van der Waals surface area contributed by atoms with Crippen LogP contribution in [0.15, 0.2) is 24.3 Å². The van der Waals surface area contributed by atoms with Crippen molar-refractivity contribution < 1.29 is 9.42 Å². The zero-order valence-electron chi connectivity index (χ0n) is 5.99. The van der Waals surface area contributed by atoms with Crippen LogP contribution in [0.5, 0.6) is 5.75 Å². The zero-order chi connectivity index (χ0) is 8.27. The van der Waals surface area contributed by atoms with Gasteiger partial charge in [-0.25, -0.2) is 0 Å². The fraction of sp³-hybridized carbons (Fsp3) is 0.143. The van der Waals surface area contributed by atoms with Crippen molar-refractivity contribution in [3.8, 4) is 5.75 Å². The average molecular weight is 191 g/mol. The number of halogens is 1. The van der Waals surface area contributed by atoms with E-state index >= 15 is 0 Å². The third-order valence-corrected chi connectivity index (χ3v) is 1.82. The second kappa shape index (κ2) is 3.91. The molecule has 0 bridgehead atoms. The molecule has 11 heavy (non-hydrogen) atoms. The molecular formula is C7H8ClO2P. The maximum absolute atomic E-state index is 8.74. The fourth-order valence-corrected chi connectivity index (χ4v) is 1.33. The van der Waals surface area contributed by atoms with Gasteiger partial charge >= 0.3 is 7.73 Å². The molecule has 1 rings (SSSR count). The summed E-state index contributed by atoms with van der Waals surface area (Å²) in [5.74, 6) is 0.635. The van der Waals surface area contributed by atoms with Crippen LogP contribution in [0.2, 0.25) is 0 Å². The molecular weight excluding hydrogens is 183 g/mol. The van der Waals surface area contributed by atoms with Crippen LogP contribution in [-0.4, -0.2) is 4.89 Å². The van der Waals surface area contributed by atoms with E-state index in [-0.39, 0.29) is 0 Å². The second-order valence-corrected chi connectivity index (χ2v) is 3.59. The molecule has 0 saturated heterocycles. The minimum atomic E-state index is -1.82. The van der Waals surface area contributed by atoms with Crippen LogP contribution in [0, 0.1) is 6.92 Å². The van der Waals surface area contributed by atoms with E-state index in [1.807, 2.05) is 25.1 Å². The smallest absolute Gasteiger partial charge is 0.335 e. The van der Waals surface area contributed by atoms with Crippen LogP contribution in [0.1, 0.15) is 5.56 Å². The molecule has 0 aromatic heterocycles. The molecule has 1 N–H and O–H groups in total. The van der Waals surface area contributed by atoms with Gasteiger partial charge in [0.1, 0.15) is 5.75 Å². The lowest BCUT2D eigenvalue weighted by atomic mass is 10.2. The molecule has 1 aromatic carbocycles. The van der Waals surface area contributed by atoms with Gasteiger partial charge in [0.2, 0.25) is 0 Å². The van der Waals surface area contributed by atoms with Crippen molar-refractivity contribution in [2.75, 3.05) is 0 Å². The molecule has 60 valence electrons. The highest BCUT2D eigenvalue weighted by Crippen LogP contribution is 2.39. The highest BCUT2D eigenvalue weighted by Gasteiger charge is 2.03. The van der Waals surface area contributed by atoms with Crippen LogP contribution >= 0.6 is 19.0 Å². The number of benzene rings is 1. The summed E-state index contributed by atoms with van der Waals surface area (Å²) in [5.41, 5.74) is 0.967. The van der Waals surface area contributed by atoms with Gasteiger partial charge in [0, 0.05) is 0 Å². The van der Waals surface area contributed by atoms with Crippen molar-refractivity contribution in [1.82, 2.24) is 0 Å². The van der Waals surface area contributed by atoms with E-state index < -0.39 is 7.73 Å². The third kappa shape index (κ3) is 2.66. The molecule has 0 spiro atoms. The molecule has 1 atom stereocenters. The standard InChI is InChI=1S/C7H8ClO2P/c1-6-4-2-3-5-7(6)10-11(8)9/h2-5,9H,1H3. The molecule has 0 radical (unpaired) electrons. The molecule has 0 heterocycles. The van der Waals surface area contributed by atoms with Gasteiger partial charge in [-0.15, -0.1) is 0 Å². The summed E-state index contributed by atoms with van der Waals surface area (Å²) >= 11 is 5.28. The molecule has 2 nitrogen and oxygen atoms in total. The van der Waals surface area contributed by atoms with Crippen LogP contribution < -0.4 is 4.52 Å². The van der Waals surface area contributed by atoms with E-state index in [9.17, 15) is 0 Å². The van der Waals surface area contributed by atoms with E-state index in [4.69, 9.17) is 20.7 Å². The Kier molecular flexibility index (Phi) is 3.13. The summed E-state index contributed by atoms with van der Waals surface area (Å²) in [4.78, 5) is 8.74. The topological polar surface area (TPSA) is 29.5 Å². The lowest BCUT2D eigenvalue weighted by Gasteiger charge is -2.06. The molecule has 1 aromatic rings. The Morgan fingerprint density at radius 2 is 2.09 bits per heavy atom. The largest absolute Gasteiger partial charge is 0.436 e. The minimum Gasteiger partial charge on any atom is -0.436 e. The van der Waals surface area contributed by atoms with Gasteiger partial charge in [0.05, 0.1) is 0 Å². The van der Waals surface area contributed by atoms with Crippen molar-refractivity contribution in [3.63, 3.8) is 0 Å². The lowest BCUT2D eigenvalue weighted by Crippen LogP contribution is -1.83. The van der Waals surface area contributed by atoms with Crippen LogP contribution in [0.4, 0.5) is 0 Å². The summed E-state index contributed by atoms with van der Waals surface area (Å²) in [6.45, 7) is 1.89. The Labute approximate surface area is 71.5 Å². The number of para-hydroxylation sites is 1. The van der Waals surface area contributed by atoms with Crippen LogP contribution in [0.25, 0.3) is 0 Å². The molecule has 0 saturated carbocycles. The molecule has 0 amide bonds. The Bertz CT molecular complexity index is 240. The summed E-state index contributed by atoms with van der Waals surface area (Å²) in [6, 6.07) is 7.39. The number of hydrogen-bond acceptors (Lipinski definition) is 2. The normalized spacial score (nSPS) is 12.6. The van der Waals surface area contributed by atoms with Crippen molar-refractivity contribution in [2.45, 2.75) is 6.92 Å². The predicted molar refractivity (Wildman–Crippen MR) is 46.8 cm³/mol. The van der Waals surface area contributed by atoms with Gasteiger partial charge in [-0.05, 0) is 29.8 Å². The number of hydrogen-bond donors (Lipinski definition) is 1. The van der Waals surface area contributed by atoms with Crippen LogP contribution in [-0.2, 0) is 0 Å². The third-order valence-electron chi connectivity index (χ3n) is 1.27. The van der Waals surface area contributed by atoms with E-state index in [1.165, 1.54) is 0 Å². The molecule has 4 heteroatoms. The van der Waals surface area contributed by atoms with Gasteiger partial charge in [0.15, 0.2) is 0 Å². The first kappa shape index (κ1) is 8.79. The van der Waals surface area contributed by atoms with Gasteiger partial charge in [-0.1, -0.05) is 18.2 Å². The van der Waals surface area contributed by atoms with E-state index in [1.54, 1.807) is 6.07 Å². The lowest BCUT2D eigenvalue weighted by molar-refractivity contribution is 0.504. The first-order chi connectivity index (χ1) is 5.20. The summed E-state index contributed by atoms with van der Waals surface area (Å²) in [5, 5.41) is 0. The minimum absolute atomic E-state index is 0.635. The van der Waals surface area contributed by atoms with Crippen LogP contribution in [0.3, 0.4) is 0 Å². The SMILES string of the molecule is Cc1ccccc1OP(O)Cl. The van der Waals surface area contributed by atoms with Gasteiger partial charge in [0.25, 0.3) is 0 Å². The summed E-state index contributed by atoms with van der Waals surface area (Å²) in [6.07, 6.45) is 0. The number of rotatable bonds is 2. The molecule has 0 aliphatic rings. The maximum Gasteiger partial charge on any atom is 0.335 e. The van der Waals surface area contributed by atoms with E-state index in [0.29, 0.717) is 5.75 Å². The Hall–Kier alpha value is -0.300. The highest BCUT2D eigenvalue weighted by molar-refractivity contribution is 7.75. The van der Waals surface area contributed by atoms with E-state index in [0.717, 1.165) is 5.56 Å². The molecule has 0 aliphatic carbocycles. The monoisotopic (exact) mass is 190 g/mol. The first-order valence-electron chi connectivity index (χ1n) is 3.08. The van der Waals surface area contributed by atoms with Gasteiger partial charge in [-0.3, -0.25) is 0 Å². The van der Waals surface area contributed by atoms with E-state index in [2.05, 4.69) is 0 Å². The quantitative estimate of drug-likeness (QED) is 0.727. The first-order valence-corrected chi connectivity index (χ1v) is 5.20. The second-order valence-electron chi connectivity index (χ2n) is 2.08. The Morgan fingerprint density at radius 3 is 2.64 bits per heavy atom. The number of aryl methyl sites for hydroxylation is 1. The Balaban J connectivity index is 2.78. The highest BCUT2D eigenvalue weighted by atomic mass is 35.7. The average Bonchev–Trinajstić information content (AvgIpc) is 1.93. The van der Waals surface area contributed by atoms with Crippen molar-refractivity contribution in [2.24, 2.45) is 0 Å². The molecule has 0 fully saturated rings. The molecule has 1 unspecified atom stereocenters. The summed E-state index contributed by atoms with van der Waals surface area (Å²) in [7, 11) is -1.82. The Morgan fingerprint density at radius 1 is 1.45 bits per heavy atom. The summed E-state index contributed by atoms with van der Waals surface area (Å²) < 4.78 is 4.93. The maximum atomic E-state index is 8.74.